The highest BCUT2D eigenvalue weighted by Gasteiger charge is 2.31. The number of anilines is 2. The zero-order valence-corrected chi connectivity index (χ0v) is 19.5. The first-order chi connectivity index (χ1) is 15.8. The minimum absolute atomic E-state index is 0.254. The van der Waals surface area contributed by atoms with Crippen molar-refractivity contribution in [1.82, 2.24) is 9.97 Å². The molecule has 4 rings (SSSR count). The van der Waals surface area contributed by atoms with E-state index < -0.39 is 15.5 Å². The number of fused-ring (bicyclic) bond motifs is 1. The zero-order chi connectivity index (χ0) is 23.6. The summed E-state index contributed by atoms with van der Waals surface area (Å²) in [5, 5.41) is 3.79. The van der Waals surface area contributed by atoms with Crippen LogP contribution in [0.4, 0.5) is 21.6 Å². The van der Waals surface area contributed by atoms with Crippen LogP contribution in [0.5, 0.6) is 11.5 Å². The summed E-state index contributed by atoms with van der Waals surface area (Å²) in [5.41, 5.74) is 1.53. The van der Waals surface area contributed by atoms with Crippen molar-refractivity contribution >= 4 is 37.8 Å². The van der Waals surface area contributed by atoms with E-state index in [1.165, 1.54) is 25.6 Å². The van der Waals surface area contributed by atoms with Gasteiger partial charge in [-0.15, -0.1) is 0 Å². The molecule has 176 valence electrons. The summed E-state index contributed by atoms with van der Waals surface area (Å²) in [6.07, 6.45) is 3.86. The standard InChI is InChI=1S/C22H25FN4O5S/c1-29-18-9-14(27-33(3,4)28)8-16-21(18)22(25-12-24-16)26-15-6-5-13(23)7-17(15)32-20-11-31-10-19(20)30-2/h5-9,12,19-20H,10-11H2,1-4H3,(H,24,25,26). The lowest BCUT2D eigenvalue weighted by Crippen LogP contribution is -2.31. The Labute approximate surface area is 191 Å². The average Bonchev–Trinajstić information content (AvgIpc) is 3.21. The first-order valence-corrected chi connectivity index (χ1v) is 12.4. The molecule has 33 heavy (non-hydrogen) atoms. The quantitative estimate of drug-likeness (QED) is 0.551. The molecule has 2 atom stereocenters. The molecule has 0 saturated carbocycles. The minimum Gasteiger partial charge on any atom is -0.496 e. The van der Waals surface area contributed by atoms with Gasteiger partial charge in [0.1, 0.15) is 35.6 Å². The second-order valence-corrected chi connectivity index (χ2v) is 10.3. The lowest BCUT2D eigenvalue weighted by Gasteiger charge is -2.21. The van der Waals surface area contributed by atoms with Crippen LogP contribution in [0, 0.1) is 5.82 Å². The number of rotatable bonds is 7. The Hall–Kier alpha value is -3.02. The van der Waals surface area contributed by atoms with Crippen LogP contribution in [0.25, 0.3) is 10.9 Å². The van der Waals surface area contributed by atoms with Gasteiger partial charge in [0.15, 0.2) is 6.10 Å². The Balaban J connectivity index is 1.74. The zero-order valence-electron chi connectivity index (χ0n) is 18.7. The highest BCUT2D eigenvalue weighted by molar-refractivity contribution is 7.92. The second-order valence-electron chi connectivity index (χ2n) is 7.77. The van der Waals surface area contributed by atoms with Crippen molar-refractivity contribution < 1.29 is 27.5 Å². The lowest BCUT2D eigenvalue weighted by molar-refractivity contribution is 0.0328. The van der Waals surface area contributed by atoms with Crippen LogP contribution in [0.2, 0.25) is 0 Å². The summed E-state index contributed by atoms with van der Waals surface area (Å²) >= 11 is 0. The molecule has 1 N–H and O–H groups in total. The minimum atomic E-state index is -2.37. The molecular formula is C22H25FN4O5S. The van der Waals surface area contributed by atoms with Gasteiger partial charge in [-0.1, -0.05) is 0 Å². The molecule has 0 spiro atoms. The molecule has 1 saturated heterocycles. The van der Waals surface area contributed by atoms with Gasteiger partial charge < -0.3 is 24.3 Å². The number of hydrogen-bond acceptors (Lipinski definition) is 9. The van der Waals surface area contributed by atoms with Gasteiger partial charge >= 0.3 is 0 Å². The van der Waals surface area contributed by atoms with E-state index in [4.69, 9.17) is 18.9 Å². The molecule has 0 amide bonds. The first-order valence-electron chi connectivity index (χ1n) is 10.1. The van der Waals surface area contributed by atoms with E-state index in [1.54, 1.807) is 37.8 Å². The molecular weight excluding hydrogens is 451 g/mol. The van der Waals surface area contributed by atoms with Gasteiger partial charge in [-0.3, -0.25) is 0 Å². The van der Waals surface area contributed by atoms with Crippen molar-refractivity contribution in [1.29, 1.82) is 0 Å². The molecule has 1 fully saturated rings. The number of nitrogens with one attached hydrogen (secondary N) is 1. The van der Waals surface area contributed by atoms with Crippen LogP contribution in [-0.2, 0) is 19.2 Å². The van der Waals surface area contributed by atoms with E-state index in [-0.39, 0.29) is 12.2 Å². The van der Waals surface area contributed by atoms with Crippen molar-refractivity contribution in [3.05, 3.63) is 42.5 Å². The molecule has 2 aromatic carbocycles. The van der Waals surface area contributed by atoms with Gasteiger partial charge in [-0.25, -0.2) is 18.6 Å². The molecule has 3 aromatic rings. The summed E-state index contributed by atoms with van der Waals surface area (Å²) in [6.45, 7) is 0.741. The van der Waals surface area contributed by atoms with Crippen LogP contribution in [0.1, 0.15) is 0 Å². The van der Waals surface area contributed by atoms with Crippen molar-refractivity contribution in [3.8, 4) is 11.5 Å². The number of aromatic nitrogens is 2. The highest BCUT2D eigenvalue weighted by atomic mass is 32.2. The molecule has 1 aromatic heterocycles. The number of halogens is 1. The Morgan fingerprint density at radius 3 is 2.64 bits per heavy atom. The first kappa shape index (κ1) is 23.1. The third kappa shape index (κ3) is 5.32. The van der Waals surface area contributed by atoms with Gasteiger partial charge in [-0.2, -0.15) is 4.36 Å². The normalized spacial score (nSPS) is 18.3. The molecule has 0 aliphatic carbocycles. The van der Waals surface area contributed by atoms with Crippen molar-refractivity contribution in [2.45, 2.75) is 12.2 Å². The SMILES string of the molecule is COc1cc(N=S(C)(C)=O)cc2ncnc(Nc3ccc(F)cc3OC3COCC3OC)c12. The van der Waals surface area contributed by atoms with Crippen LogP contribution >= 0.6 is 0 Å². The molecule has 9 nitrogen and oxygen atoms in total. The molecule has 2 heterocycles. The average molecular weight is 477 g/mol. The Morgan fingerprint density at radius 2 is 1.91 bits per heavy atom. The third-order valence-corrected chi connectivity index (χ3v) is 5.64. The fraction of sp³-hybridized carbons (Fsp3) is 0.364. The number of hydrogen-bond donors (Lipinski definition) is 1. The Morgan fingerprint density at radius 1 is 1.12 bits per heavy atom. The van der Waals surface area contributed by atoms with E-state index in [0.717, 1.165) is 0 Å². The van der Waals surface area contributed by atoms with Gasteiger partial charge in [0, 0.05) is 41.5 Å². The maximum absolute atomic E-state index is 14.0. The van der Waals surface area contributed by atoms with E-state index >= 15 is 0 Å². The molecule has 1 aliphatic heterocycles. The van der Waals surface area contributed by atoms with Crippen molar-refractivity contribution in [3.63, 3.8) is 0 Å². The van der Waals surface area contributed by atoms with Crippen LogP contribution in [0.3, 0.4) is 0 Å². The summed E-state index contributed by atoms with van der Waals surface area (Å²) < 4.78 is 52.8. The summed E-state index contributed by atoms with van der Waals surface area (Å²) in [7, 11) is 0.725. The van der Waals surface area contributed by atoms with E-state index in [0.29, 0.717) is 52.8 Å². The predicted octanol–water partition coefficient (Wildman–Crippen LogP) is 3.67. The second kappa shape index (κ2) is 9.46. The van der Waals surface area contributed by atoms with Gasteiger partial charge in [0.25, 0.3) is 0 Å². The Bertz CT molecular complexity index is 1290. The number of nitrogens with zero attached hydrogens (tertiary/aromatic N) is 3. The topological polar surface area (TPSA) is 104 Å². The number of ether oxygens (including phenoxy) is 4. The number of benzene rings is 2. The summed E-state index contributed by atoms with van der Waals surface area (Å²) in [4.78, 5) is 8.67. The fourth-order valence-electron chi connectivity index (χ4n) is 3.53. The third-order valence-electron chi connectivity index (χ3n) is 4.99. The monoisotopic (exact) mass is 476 g/mol. The molecule has 1 aliphatic rings. The lowest BCUT2D eigenvalue weighted by atomic mass is 10.2. The molecule has 2 unspecified atom stereocenters. The van der Waals surface area contributed by atoms with Crippen LogP contribution in [0.15, 0.2) is 41.0 Å². The molecule has 11 heteroatoms. The highest BCUT2D eigenvalue weighted by Crippen LogP contribution is 2.37. The van der Waals surface area contributed by atoms with Gasteiger partial charge in [-0.05, 0) is 18.2 Å². The maximum atomic E-state index is 14.0. The number of methoxy groups -OCH3 is 2. The Kier molecular flexibility index (Phi) is 6.63. The van der Waals surface area contributed by atoms with Crippen molar-refractivity contribution in [2.24, 2.45) is 4.36 Å². The fourth-order valence-corrected chi connectivity index (χ4v) is 4.15. The largest absolute Gasteiger partial charge is 0.496 e. The molecule has 0 radical (unpaired) electrons. The van der Waals surface area contributed by atoms with Crippen molar-refractivity contribution in [2.75, 3.05) is 45.3 Å². The van der Waals surface area contributed by atoms with Crippen LogP contribution in [-0.4, -0.2) is 66.3 Å². The summed E-state index contributed by atoms with van der Waals surface area (Å²) in [5.74, 6) is 0.731. The predicted molar refractivity (Wildman–Crippen MR) is 124 cm³/mol. The maximum Gasteiger partial charge on any atom is 0.150 e. The van der Waals surface area contributed by atoms with E-state index in [1.807, 2.05) is 0 Å². The smallest absolute Gasteiger partial charge is 0.150 e. The molecule has 0 bridgehead atoms. The summed E-state index contributed by atoms with van der Waals surface area (Å²) in [6, 6.07) is 7.56. The van der Waals surface area contributed by atoms with Gasteiger partial charge in [0.2, 0.25) is 0 Å². The van der Waals surface area contributed by atoms with Crippen LogP contribution < -0.4 is 14.8 Å². The van der Waals surface area contributed by atoms with E-state index in [2.05, 4.69) is 19.6 Å². The van der Waals surface area contributed by atoms with Gasteiger partial charge in [0.05, 0.1) is 42.6 Å². The van der Waals surface area contributed by atoms with E-state index in [9.17, 15) is 8.60 Å².